The minimum atomic E-state index is -0.118. The maximum Gasteiger partial charge on any atom is 0.128 e. The van der Waals surface area contributed by atoms with Gasteiger partial charge in [-0.3, -0.25) is 0 Å². The Bertz CT molecular complexity index is 356. The van der Waals surface area contributed by atoms with E-state index >= 15 is 0 Å². The molecule has 0 bridgehead atoms. The third-order valence-corrected chi connectivity index (χ3v) is 3.86. The quantitative estimate of drug-likeness (QED) is 0.809. The molecule has 0 atom stereocenters. The highest BCUT2D eigenvalue weighted by atomic mass is 19.1. The molecule has 0 aromatic heterocycles. The molecule has 17 heavy (non-hydrogen) atoms. The Morgan fingerprint density at radius 1 is 1.24 bits per heavy atom. The summed E-state index contributed by atoms with van der Waals surface area (Å²) in [6, 6.07) is 5.24. The zero-order valence-electron chi connectivity index (χ0n) is 10.6. The number of benzene rings is 1. The van der Waals surface area contributed by atoms with E-state index < -0.39 is 0 Å². The van der Waals surface area contributed by atoms with E-state index in [2.05, 4.69) is 5.32 Å². The molecule has 0 aliphatic heterocycles. The van der Waals surface area contributed by atoms with Crippen LogP contribution in [0, 0.1) is 18.7 Å². The minimum Gasteiger partial charge on any atom is -0.385 e. The van der Waals surface area contributed by atoms with Gasteiger partial charge in [0.15, 0.2) is 0 Å². The van der Waals surface area contributed by atoms with Crippen LogP contribution in [0.15, 0.2) is 18.2 Å². The van der Waals surface area contributed by atoms with Gasteiger partial charge in [-0.05, 0) is 31.4 Å². The summed E-state index contributed by atoms with van der Waals surface area (Å²) in [5.41, 5.74) is 1.68. The highest BCUT2D eigenvalue weighted by Crippen LogP contribution is 2.26. The second-order valence-electron chi connectivity index (χ2n) is 5.13. The van der Waals surface area contributed by atoms with E-state index in [0.29, 0.717) is 0 Å². The van der Waals surface area contributed by atoms with Gasteiger partial charge in [-0.1, -0.05) is 38.2 Å². The molecule has 0 saturated heterocycles. The summed E-state index contributed by atoms with van der Waals surface area (Å²) < 4.78 is 13.3. The topological polar surface area (TPSA) is 12.0 Å². The molecule has 1 fully saturated rings. The molecule has 1 aliphatic rings. The van der Waals surface area contributed by atoms with Crippen molar-refractivity contribution < 1.29 is 4.39 Å². The summed E-state index contributed by atoms with van der Waals surface area (Å²) in [4.78, 5) is 0. The Balaban J connectivity index is 1.79. The van der Waals surface area contributed by atoms with E-state index in [4.69, 9.17) is 0 Å². The van der Waals surface area contributed by atoms with Crippen molar-refractivity contribution in [2.45, 2.75) is 45.4 Å². The molecule has 2 rings (SSSR count). The number of rotatable bonds is 4. The van der Waals surface area contributed by atoms with Crippen LogP contribution in [0.25, 0.3) is 0 Å². The summed E-state index contributed by atoms with van der Waals surface area (Å²) in [6.45, 7) is 2.80. The van der Waals surface area contributed by atoms with Crippen molar-refractivity contribution in [2.75, 3.05) is 11.9 Å². The molecule has 0 amide bonds. The molecular weight excluding hydrogens is 213 g/mol. The summed E-state index contributed by atoms with van der Waals surface area (Å²) in [7, 11) is 0. The lowest BCUT2D eigenvalue weighted by Crippen LogP contribution is -2.12. The summed E-state index contributed by atoms with van der Waals surface area (Å²) >= 11 is 0. The van der Waals surface area contributed by atoms with Gasteiger partial charge in [0.25, 0.3) is 0 Å². The fourth-order valence-corrected chi connectivity index (χ4v) is 2.69. The van der Waals surface area contributed by atoms with Gasteiger partial charge in [0.05, 0.1) is 0 Å². The number of hydrogen-bond donors (Lipinski definition) is 1. The van der Waals surface area contributed by atoms with Gasteiger partial charge < -0.3 is 5.32 Å². The maximum absolute atomic E-state index is 13.3. The fraction of sp³-hybridized carbons (Fsp3) is 0.600. The van der Waals surface area contributed by atoms with Gasteiger partial charge in [0.1, 0.15) is 5.82 Å². The lowest BCUT2D eigenvalue weighted by molar-refractivity contribution is 0.345. The molecule has 1 saturated carbocycles. The molecule has 94 valence electrons. The molecule has 0 radical (unpaired) electrons. The SMILES string of the molecule is Cc1c(F)cccc1NCCC1CCCCC1. The average Bonchev–Trinajstić information content (AvgIpc) is 2.36. The Hall–Kier alpha value is -1.05. The molecule has 0 heterocycles. The van der Waals surface area contributed by atoms with Crippen molar-refractivity contribution in [3.05, 3.63) is 29.6 Å². The molecule has 1 aliphatic carbocycles. The van der Waals surface area contributed by atoms with Gasteiger partial charge in [-0.2, -0.15) is 0 Å². The van der Waals surface area contributed by atoms with Crippen LogP contribution in [-0.2, 0) is 0 Å². The first-order valence-corrected chi connectivity index (χ1v) is 6.76. The first-order valence-electron chi connectivity index (χ1n) is 6.76. The number of nitrogens with one attached hydrogen (secondary N) is 1. The molecule has 1 nitrogen and oxygen atoms in total. The fourth-order valence-electron chi connectivity index (χ4n) is 2.69. The molecule has 1 N–H and O–H groups in total. The van der Waals surface area contributed by atoms with Crippen molar-refractivity contribution in [1.82, 2.24) is 0 Å². The number of anilines is 1. The minimum absolute atomic E-state index is 0.118. The van der Waals surface area contributed by atoms with Gasteiger partial charge in [-0.15, -0.1) is 0 Å². The van der Waals surface area contributed by atoms with Gasteiger partial charge in [0, 0.05) is 17.8 Å². The van der Waals surface area contributed by atoms with E-state index in [1.807, 2.05) is 13.0 Å². The first kappa shape index (κ1) is 12.4. The van der Waals surface area contributed by atoms with Crippen LogP contribution in [-0.4, -0.2) is 6.54 Å². The van der Waals surface area contributed by atoms with Crippen molar-refractivity contribution in [2.24, 2.45) is 5.92 Å². The lowest BCUT2D eigenvalue weighted by Gasteiger charge is -2.22. The average molecular weight is 235 g/mol. The Kier molecular flexibility index (Phi) is 4.41. The Labute approximate surface area is 103 Å². The van der Waals surface area contributed by atoms with Crippen molar-refractivity contribution in [1.29, 1.82) is 0 Å². The van der Waals surface area contributed by atoms with Crippen molar-refractivity contribution in [3.63, 3.8) is 0 Å². The summed E-state index contributed by atoms with van der Waals surface area (Å²) in [5, 5.41) is 3.36. The zero-order chi connectivity index (χ0) is 12.1. The van der Waals surface area contributed by atoms with Crippen molar-refractivity contribution in [3.8, 4) is 0 Å². The van der Waals surface area contributed by atoms with Crippen LogP contribution in [0.4, 0.5) is 10.1 Å². The molecule has 0 unspecified atom stereocenters. The summed E-state index contributed by atoms with van der Waals surface area (Å²) in [6.07, 6.45) is 8.17. The van der Waals surface area contributed by atoms with E-state index in [9.17, 15) is 4.39 Å². The number of hydrogen-bond acceptors (Lipinski definition) is 1. The molecular formula is C15H22FN. The van der Waals surface area contributed by atoms with Crippen LogP contribution in [0.3, 0.4) is 0 Å². The molecule has 2 heteroatoms. The largest absolute Gasteiger partial charge is 0.385 e. The maximum atomic E-state index is 13.3. The van der Waals surface area contributed by atoms with E-state index in [1.54, 1.807) is 6.07 Å². The zero-order valence-corrected chi connectivity index (χ0v) is 10.6. The van der Waals surface area contributed by atoms with Gasteiger partial charge in [-0.25, -0.2) is 4.39 Å². The standard InChI is InChI=1S/C15H22FN/c1-12-14(16)8-5-9-15(12)17-11-10-13-6-3-2-4-7-13/h5,8-9,13,17H,2-4,6-7,10-11H2,1H3. The van der Waals surface area contributed by atoms with E-state index in [0.717, 1.165) is 23.7 Å². The molecule has 1 aromatic rings. The predicted molar refractivity (Wildman–Crippen MR) is 70.8 cm³/mol. The molecule has 0 spiro atoms. The normalized spacial score (nSPS) is 17.1. The lowest BCUT2D eigenvalue weighted by atomic mass is 9.87. The number of halogens is 1. The Morgan fingerprint density at radius 3 is 2.76 bits per heavy atom. The molecule has 1 aromatic carbocycles. The van der Waals surface area contributed by atoms with Crippen LogP contribution in [0.5, 0.6) is 0 Å². The van der Waals surface area contributed by atoms with Crippen molar-refractivity contribution >= 4 is 5.69 Å². The monoisotopic (exact) mass is 235 g/mol. The van der Waals surface area contributed by atoms with Crippen LogP contribution in [0.2, 0.25) is 0 Å². The van der Waals surface area contributed by atoms with E-state index in [-0.39, 0.29) is 5.82 Å². The van der Waals surface area contributed by atoms with Crippen LogP contribution >= 0.6 is 0 Å². The smallest absolute Gasteiger partial charge is 0.128 e. The first-order chi connectivity index (χ1) is 8.27. The van der Waals surface area contributed by atoms with Crippen LogP contribution in [0.1, 0.15) is 44.1 Å². The summed E-state index contributed by atoms with van der Waals surface area (Å²) in [5.74, 6) is 0.762. The van der Waals surface area contributed by atoms with Gasteiger partial charge >= 0.3 is 0 Å². The Morgan fingerprint density at radius 2 is 2.00 bits per heavy atom. The van der Waals surface area contributed by atoms with Gasteiger partial charge in [0.2, 0.25) is 0 Å². The third kappa shape index (κ3) is 3.45. The van der Waals surface area contributed by atoms with Crippen LogP contribution < -0.4 is 5.32 Å². The predicted octanol–water partition coefficient (Wildman–Crippen LogP) is 4.52. The second-order valence-corrected chi connectivity index (χ2v) is 5.13. The second kappa shape index (κ2) is 6.04. The highest BCUT2D eigenvalue weighted by molar-refractivity contribution is 5.50. The van der Waals surface area contributed by atoms with E-state index in [1.165, 1.54) is 44.6 Å². The highest BCUT2D eigenvalue weighted by Gasteiger charge is 2.12. The third-order valence-electron chi connectivity index (χ3n) is 3.86.